The van der Waals surface area contributed by atoms with Gasteiger partial charge in [0.05, 0.1) is 18.1 Å². The molecule has 0 fully saturated rings. The van der Waals surface area contributed by atoms with Crippen molar-refractivity contribution in [3.05, 3.63) is 72.0 Å². The van der Waals surface area contributed by atoms with Gasteiger partial charge in [-0.2, -0.15) is 4.98 Å². The van der Waals surface area contributed by atoms with Gasteiger partial charge in [-0.1, -0.05) is 29.4 Å². The lowest BCUT2D eigenvalue weighted by atomic mass is 10.1. The van der Waals surface area contributed by atoms with Crippen molar-refractivity contribution in [3.63, 3.8) is 0 Å². The van der Waals surface area contributed by atoms with Crippen LogP contribution >= 0.6 is 0 Å². The van der Waals surface area contributed by atoms with Crippen molar-refractivity contribution in [1.82, 2.24) is 20.1 Å². The normalized spacial score (nSPS) is 11.2. The molecule has 6 nitrogen and oxygen atoms in total. The molecule has 5 rings (SSSR count). The molecule has 0 amide bonds. The van der Waals surface area contributed by atoms with Crippen LogP contribution in [0, 0.1) is 12.7 Å². The van der Waals surface area contributed by atoms with Gasteiger partial charge in [-0.3, -0.25) is 0 Å². The number of halogens is 1. The number of imidazole rings is 1. The second-order valence-electron chi connectivity index (χ2n) is 6.93. The maximum atomic E-state index is 13.4. The highest BCUT2D eigenvalue weighted by Crippen LogP contribution is 2.28. The van der Waals surface area contributed by atoms with Crippen LogP contribution in [0.25, 0.3) is 45.3 Å². The molecule has 0 saturated carbocycles. The zero-order chi connectivity index (χ0) is 20.7. The molecule has 30 heavy (non-hydrogen) atoms. The van der Waals surface area contributed by atoms with Gasteiger partial charge < -0.3 is 14.2 Å². The lowest BCUT2D eigenvalue weighted by Crippen LogP contribution is -1.88. The van der Waals surface area contributed by atoms with Crippen molar-refractivity contribution in [2.24, 2.45) is 0 Å². The number of aromatic nitrogens is 4. The van der Waals surface area contributed by atoms with Crippen LogP contribution in [0.3, 0.4) is 0 Å². The zero-order valence-electron chi connectivity index (χ0n) is 16.3. The number of benzene rings is 3. The molecular weight excluding hydrogens is 383 g/mol. The molecule has 1 N–H and O–H groups in total. The predicted molar refractivity (Wildman–Crippen MR) is 112 cm³/mol. The Morgan fingerprint density at radius 3 is 2.43 bits per heavy atom. The monoisotopic (exact) mass is 400 g/mol. The van der Waals surface area contributed by atoms with E-state index in [1.54, 1.807) is 13.2 Å². The molecule has 0 atom stereocenters. The number of nitrogens with zero attached hydrogens (tertiary/aromatic N) is 3. The van der Waals surface area contributed by atoms with E-state index in [1.807, 2.05) is 49.4 Å². The fourth-order valence-corrected chi connectivity index (χ4v) is 3.36. The maximum Gasteiger partial charge on any atom is 0.258 e. The molecule has 7 heteroatoms. The summed E-state index contributed by atoms with van der Waals surface area (Å²) in [6.45, 7) is 1.96. The predicted octanol–water partition coefficient (Wildman–Crippen LogP) is 5.40. The van der Waals surface area contributed by atoms with Gasteiger partial charge in [-0.25, -0.2) is 9.37 Å². The van der Waals surface area contributed by atoms with Crippen molar-refractivity contribution in [2.45, 2.75) is 6.92 Å². The van der Waals surface area contributed by atoms with Crippen molar-refractivity contribution in [1.29, 1.82) is 0 Å². The van der Waals surface area contributed by atoms with Gasteiger partial charge in [-0.15, -0.1) is 0 Å². The molecule has 3 aromatic carbocycles. The highest BCUT2D eigenvalue weighted by atomic mass is 19.1. The van der Waals surface area contributed by atoms with Crippen LogP contribution in [0.15, 0.2) is 65.2 Å². The number of aromatic amines is 1. The Balaban J connectivity index is 1.42. The van der Waals surface area contributed by atoms with Crippen molar-refractivity contribution >= 4 is 11.0 Å². The molecule has 2 aromatic heterocycles. The summed E-state index contributed by atoms with van der Waals surface area (Å²) < 4.78 is 24.1. The largest absolute Gasteiger partial charge is 0.496 e. The van der Waals surface area contributed by atoms with Crippen LogP contribution in [-0.4, -0.2) is 27.2 Å². The average Bonchev–Trinajstić information content (AvgIpc) is 3.41. The van der Waals surface area contributed by atoms with Crippen molar-refractivity contribution in [2.75, 3.05) is 7.11 Å². The number of methoxy groups -OCH3 is 1. The number of aryl methyl sites for hydroxylation is 1. The van der Waals surface area contributed by atoms with E-state index < -0.39 is 0 Å². The summed E-state index contributed by atoms with van der Waals surface area (Å²) in [5.74, 6) is 2.11. The van der Waals surface area contributed by atoms with E-state index in [0.29, 0.717) is 23.1 Å². The molecular formula is C23H17FN4O2. The molecule has 0 aliphatic heterocycles. The van der Waals surface area contributed by atoms with Crippen LogP contribution in [-0.2, 0) is 0 Å². The Hall–Kier alpha value is -4.00. The molecule has 2 heterocycles. The van der Waals surface area contributed by atoms with E-state index in [1.165, 1.54) is 12.1 Å². The SMILES string of the molecule is COc1ccc(-c2nc(-c3ccc(-c4nc5cc(F)ccc5[nH]4)cc3)no2)cc1C. The summed E-state index contributed by atoms with van der Waals surface area (Å²) in [5, 5.41) is 4.10. The third-order valence-corrected chi connectivity index (χ3v) is 4.93. The van der Waals surface area contributed by atoms with Gasteiger partial charge in [0.2, 0.25) is 5.82 Å². The van der Waals surface area contributed by atoms with Crippen molar-refractivity contribution in [3.8, 4) is 40.0 Å². The van der Waals surface area contributed by atoms with E-state index >= 15 is 0 Å². The van der Waals surface area contributed by atoms with Crippen LogP contribution < -0.4 is 4.74 Å². The minimum Gasteiger partial charge on any atom is -0.496 e. The number of rotatable bonds is 4. The summed E-state index contributed by atoms with van der Waals surface area (Å²) in [4.78, 5) is 12.2. The standard InChI is InChI=1S/C23H17FN4O2/c1-13-11-16(7-10-20(13)29-2)23-27-22(28-30-23)15-5-3-14(4-6-15)21-25-18-9-8-17(24)12-19(18)26-21/h3-12H,1-2H3,(H,25,26). The van der Waals surface area contributed by atoms with Gasteiger partial charge in [0.15, 0.2) is 0 Å². The smallest absolute Gasteiger partial charge is 0.258 e. The summed E-state index contributed by atoms with van der Waals surface area (Å²) in [7, 11) is 1.64. The van der Waals surface area contributed by atoms with E-state index in [4.69, 9.17) is 9.26 Å². The number of fused-ring (bicyclic) bond motifs is 1. The Morgan fingerprint density at radius 1 is 0.900 bits per heavy atom. The first-order chi connectivity index (χ1) is 14.6. The summed E-state index contributed by atoms with van der Waals surface area (Å²) >= 11 is 0. The minimum atomic E-state index is -0.309. The zero-order valence-corrected chi connectivity index (χ0v) is 16.3. The highest BCUT2D eigenvalue weighted by Gasteiger charge is 2.13. The molecule has 0 spiro atoms. The molecule has 0 unspecified atom stereocenters. The molecule has 148 valence electrons. The van der Waals surface area contributed by atoms with Crippen LogP contribution in [0.2, 0.25) is 0 Å². The third kappa shape index (κ3) is 3.20. The van der Waals surface area contributed by atoms with E-state index in [2.05, 4.69) is 20.1 Å². The van der Waals surface area contributed by atoms with E-state index in [-0.39, 0.29) is 5.82 Å². The van der Waals surface area contributed by atoms with Crippen LogP contribution in [0.5, 0.6) is 5.75 Å². The van der Waals surface area contributed by atoms with Gasteiger partial charge in [0, 0.05) is 22.8 Å². The van der Waals surface area contributed by atoms with Crippen LogP contribution in [0.1, 0.15) is 5.56 Å². The van der Waals surface area contributed by atoms with Crippen molar-refractivity contribution < 1.29 is 13.7 Å². The molecule has 0 aliphatic rings. The third-order valence-electron chi connectivity index (χ3n) is 4.93. The second-order valence-corrected chi connectivity index (χ2v) is 6.93. The lowest BCUT2D eigenvalue weighted by Gasteiger charge is -2.04. The van der Waals surface area contributed by atoms with Gasteiger partial charge in [-0.05, 0) is 42.8 Å². The first kappa shape index (κ1) is 18.1. The first-order valence-corrected chi connectivity index (χ1v) is 9.35. The topological polar surface area (TPSA) is 76.8 Å². The molecule has 5 aromatic rings. The number of H-pyrrole nitrogens is 1. The average molecular weight is 400 g/mol. The summed E-state index contributed by atoms with van der Waals surface area (Å²) in [5.41, 5.74) is 4.90. The van der Waals surface area contributed by atoms with E-state index in [9.17, 15) is 4.39 Å². The first-order valence-electron chi connectivity index (χ1n) is 9.35. The minimum absolute atomic E-state index is 0.309. The fourth-order valence-electron chi connectivity index (χ4n) is 3.36. The van der Waals surface area contributed by atoms with E-state index in [0.717, 1.165) is 33.5 Å². The number of hydrogen-bond acceptors (Lipinski definition) is 5. The molecule has 0 saturated heterocycles. The summed E-state index contributed by atoms with van der Waals surface area (Å²) in [6, 6.07) is 17.8. The quantitative estimate of drug-likeness (QED) is 0.437. The Labute approximate surface area is 171 Å². The molecule has 0 bridgehead atoms. The number of ether oxygens (including phenoxy) is 1. The summed E-state index contributed by atoms with van der Waals surface area (Å²) in [6.07, 6.45) is 0. The van der Waals surface area contributed by atoms with Gasteiger partial charge in [0.1, 0.15) is 17.4 Å². The van der Waals surface area contributed by atoms with Gasteiger partial charge >= 0.3 is 0 Å². The van der Waals surface area contributed by atoms with Crippen LogP contribution in [0.4, 0.5) is 4.39 Å². The molecule has 0 radical (unpaired) electrons. The Morgan fingerprint density at radius 2 is 1.67 bits per heavy atom. The highest BCUT2D eigenvalue weighted by molar-refractivity contribution is 5.79. The number of hydrogen-bond donors (Lipinski definition) is 1. The maximum absolute atomic E-state index is 13.4. The molecule has 0 aliphatic carbocycles. The number of nitrogens with one attached hydrogen (secondary N) is 1. The Kier molecular flexibility index (Phi) is 4.28. The second kappa shape index (κ2) is 7.11. The fraction of sp³-hybridized carbons (Fsp3) is 0.0870. The Bertz CT molecular complexity index is 1360. The van der Waals surface area contributed by atoms with Gasteiger partial charge in [0.25, 0.3) is 5.89 Å². The lowest BCUT2D eigenvalue weighted by molar-refractivity contribution is 0.411.